The standard InChI is InChI=1S/C14H18N4O2/c1-2-18-9-13(8-16-18)20-10-14(19)17-12-5-3-4-11(6-12)7-15/h3-6,8-9H,2,7,10,15H2,1H3,(H,17,19). The molecule has 2 aromatic rings. The number of nitrogens with zero attached hydrogens (tertiary/aromatic N) is 2. The Labute approximate surface area is 117 Å². The average molecular weight is 274 g/mol. The molecular weight excluding hydrogens is 256 g/mol. The number of nitrogens with two attached hydrogens (primary N) is 1. The largest absolute Gasteiger partial charge is 0.480 e. The number of nitrogens with one attached hydrogen (secondary N) is 1. The molecule has 1 aromatic carbocycles. The lowest BCUT2D eigenvalue weighted by Crippen LogP contribution is -2.20. The predicted molar refractivity (Wildman–Crippen MR) is 76.4 cm³/mol. The van der Waals surface area contributed by atoms with E-state index in [1.54, 1.807) is 17.1 Å². The Bertz CT molecular complexity index is 580. The van der Waals surface area contributed by atoms with Crippen LogP contribution in [-0.4, -0.2) is 22.3 Å². The van der Waals surface area contributed by atoms with Crippen molar-refractivity contribution in [3.05, 3.63) is 42.2 Å². The highest BCUT2D eigenvalue weighted by Gasteiger charge is 2.05. The molecule has 0 bridgehead atoms. The van der Waals surface area contributed by atoms with Gasteiger partial charge in [0.2, 0.25) is 0 Å². The molecule has 1 aromatic heterocycles. The Balaban J connectivity index is 1.85. The molecule has 3 N–H and O–H groups in total. The minimum absolute atomic E-state index is 0.0533. The molecule has 0 saturated heterocycles. The molecule has 0 aliphatic heterocycles. The van der Waals surface area contributed by atoms with Crippen LogP contribution in [0.3, 0.4) is 0 Å². The summed E-state index contributed by atoms with van der Waals surface area (Å²) in [5.74, 6) is 0.362. The van der Waals surface area contributed by atoms with Crippen molar-refractivity contribution in [2.45, 2.75) is 20.0 Å². The monoisotopic (exact) mass is 274 g/mol. The molecule has 0 aliphatic rings. The molecule has 0 atom stereocenters. The second-order valence-corrected chi connectivity index (χ2v) is 4.27. The Kier molecular flexibility index (Phi) is 4.73. The Morgan fingerprint density at radius 2 is 2.35 bits per heavy atom. The summed E-state index contributed by atoms with van der Waals surface area (Å²) >= 11 is 0. The van der Waals surface area contributed by atoms with Crippen LogP contribution in [0.4, 0.5) is 5.69 Å². The van der Waals surface area contributed by atoms with Crippen LogP contribution >= 0.6 is 0 Å². The van der Waals surface area contributed by atoms with Gasteiger partial charge in [0.15, 0.2) is 12.4 Å². The maximum atomic E-state index is 11.8. The van der Waals surface area contributed by atoms with Crippen molar-refractivity contribution in [3.63, 3.8) is 0 Å². The molecule has 0 saturated carbocycles. The third kappa shape index (κ3) is 3.83. The zero-order valence-corrected chi connectivity index (χ0v) is 11.4. The van der Waals surface area contributed by atoms with E-state index in [1.165, 1.54) is 0 Å². The Hall–Kier alpha value is -2.34. The highest BCUT2D eigenvalue weighted by atomic mass is 16.5. The summed E-state index contributed by atoms with van der Waals surface area (Å²) in [5.41, 5.74) is 7.23. The fourth-order valence-electron chi connectivity index (χ4n) is 1.71. The van der Waals surface area contributed by atoms with Crippen LogP contribution in [0.5, 0.6) is 5.75 Å². The van der Waals surface area contributed by atoms with Crippen LogP contribution in [-0.2, 0) is 17.9 Å². The zero-order chi connectivity index (χ0) is 14.4. The molecule has 1 heterocycles. The van der Waals surface area contributed by atoms with Gasteiger partial charge in [0.1, 0.15) is 0 Å². The van der Waals surface area contributed by atoms with Crippen molar-refractivity contribution in [2.75, 3.05) is 11.9 Å². The molecule has 2 rings (SSSR count). The summed E-state index contributed by atoms with van der Waals surface area (Å²) in [6.45, 7) is 3.13. The van der Waals surface area contributed by atoms with Crippen molar-refractivity contribution in [1.82, 2.24) is 9.78 Å². The molecule has 6 nitrogen and oxygen atoms in total. The highest BCUT2D eigenvalue weighted by molar-refractivity contribution is 5.91. The zero-order valence-electron chi connectivity index (χ0n) is 11.4. The van der Waals surface area contributed by atoms with E-state index < -0.39 is 0 Å². The molecular formula is C14H18N4O2. The number of aromatic nitrogens is 2. The molecule has 1 amide bonds. The summed E-state index contributed by atoms with van der Waals surface area (Å²) in [4.78, 5) is 11.8. The Morgan fingerprint density at radius 1 is 1.50 bits per heavy atom. The average Bonchev–Trinajstić information content (AvgIpc) is 2.93. The third-order valence-corrected chi connectivity index (χ3v) is 2.75. The number of ether oxygens (including phenoxy) is 1. The summed E-state index contributed by atoms with van der Waals surface area (Å²) in [6, 6.07) is 7.41. The topological polar surface area (TPSA) is 82.2 Å². The van der Waals surface area contributed by atoms with Crippen molar-refractivity contribution >= 4 is 11.6 Å². The number of anilines is 1. The van der Waals surface area contributed by atoms with Crippen LogP contribution in [0.2, 0.25) is 0 Å². The van der Waals surface area contributed by atoms with E-state index in [0.717, 1.165) is 12.1 Å². The number of hydrogen-bond acceptors (Lipinski definition) is 4. The van der Waals surface area contributed by atoms with E-state index in [2.05, 4.69) is 10.4 Å². The van der Waals surface area contributed by atoms with E-state index >= 15 is 0 Å². The number of carbonyl (C=O) groups is 1. The van der Waals surface area contributed by atoms with Crippen LogP contribution in [0.1, 0.15) is 12.5 Å². The van der Waals surface area contributed by atoms with Crippen LogP contribution < -0.4 is 15.8 Å². The number of amides is 1. The fourth-order valence-corrected chi connectivity index (χ4v) is 1.71. The second-order valence-electron chi connectivity index (χ2n) is 4.27. The van der Waals surface area contributed by atoms with Gasteiger partial charge < -0.3 is 15.8 Å². The quantitative estimate of drug-likeness (QED) is 0.833. The number of carbonyl (C=O) groups excluding carboxylic acids is 1. The molecule has 0 spiro atoms. The maximum Gasteiger partial charge on any atom is 0.262 e. The highest BCUT2D eigenvalue weighted by Crippen LogP contribution is 2.11. The molecule has 0 radical (unpaired) electrons. The van der Waals surface area contributed by atoms with Crippen LogP contribution in [0.25, 0.3) is 0 Å². The lowest BCUT2D eigenvalue weighted by atomic mass is 10.2. The van der Waals surface area contributed by atoms with Gasteiger partial charge in [-0.3, -0.25) is 9.48 Å². The maximum absolute atomic E-state index is 11.8. The van der Waals surface area contributed by atoms with E-state index in [0.29, 0.717) is 18.0 Å². The van der Waals surface area contributed by atoms with E-state index in [9.17, 15) is 4.79 Å². The van der Waals surface area contributed by atoms with Crippen molar-refractivity contribution in [3.8, 4) is 5.75 Å². The molecule has 0 fully saturated rings. The second kappa shape index (κ2) is 6.72. The van der Waals surface area contributed by atoms with Crippen molar-refractivity contribution in [1.29, 1.82) is 0 Å². The first-order chi connectivity index (χ1) is 9.71. The van der Waals surface area contributed by atoms with Gasteiger partial charge in [-0.05, 0) is 24.6 Å². The van der Waals surface area contributed by atoms with E-state index in [4.69, 9.17) is 10.5 Å². The molecule has 20 heavy (non-hydrogen) atoms. The minimum Gasteiger partial charge on any atom is -0.480 e. The fraction of sp³-hybridized carbons (Fsp3) is 0.286. The lowest BCUT2D eigenvalue weighted by molar-refractivity contribution is -0.118. The number of aryl methyl sites for hydroxylation is 1. The molecule has 0 aliphatic carbocycles. The van der Waals surface area contributed by atoms with Crippen molar-refractivity contribution in [2.24, 2.45) is 5.73 Å². The van der Waals surface area contributed by atoms with E-state index in [1.807, 2.05) is 31.2 Å². The van der Waals surface area contributed by atoms with Crippen LogP contribution in [0.15, 0.2) is 36.7 Å². The van der Waals surface area contributed by atoms with Gasteiger partial charge in [0, 0.05) is 18.8 Å². The van der Waals surface area contributed by atoms with Gasteiger partial charge in [-0.25, -0.2) is 0 Å². The van der Waals surface area contributed by atoms with Gasteiger partial charge in [0.05, 0.1) is 12.4 Å². The lowest BCUT2D eigenvalue weighted by Gasteiger charge is -2.07. The summed E-state index contributed by atoms with van der Waals surface area (Å²) in [7, 11) is 0. The van der Waals surface area contributed by atoms with Crippen molar-refractivity contribution < 1.29 is 9.53 Å². The molecule has 0 unspecified atom stereocenters. The first-order valence-electron chi connectivity index (χ1n) is 6.45. The van der Waals surface area contributed by atoms with Gasteiger partial charge in [-0.15, -0.1) is 0 Å². The first-order valence-corrected chi connectivity index (χ1v) is 6.45. The van der Waals surface area contributed by atoms with E-state index in [-0.39, 0.29) is 12.5 Å². The normalized spacial score (nSPS) is 10.3. The van der Waals surface area contributed by atoms with Gasteiger partial charge in [-0.1, -0.05) is 12.1 Å². The number of rotatable bonds is 6. The number of benzene rings is 1. The first kappa shape index (κ1) is 14.1. The molecule has 6 heteroatoms. The summed E-state index contributed by atoms with van der Waals surface area (Å²) in [6.07, 6.45) is 3.34. The summed E-state index contributed by atoms with van der Waals surface area (Å²) < 4.78 is 7.09. The smallest absolute Gasteiger partial charge is 0.262 e. The van der Waals surface area contributed by atoms with Gasteiger partial charge in [-0.2, -0.15) is 5.10 Å². The van der Waals surface area contributed by atoms with Crippen LogP contribution in [0, 0.1) is 0 Å². The van der Waals surface area contributed by atoms with Gasteiger partial charge >= 0.3 is 0 Å². The van der Waals surface area contributed by atoms with Gasteiger partial charge in [0.25, 0.3) is 5.91 Å². The predicted octanol–water partition coefficient (Wildman–Crippen LogP) is 1.38. The minimum atomic E-state index is -0.219. The third-order valence-electron chi connectivity index (χ3n) is 2.75. The number of hydrogen-bond donors (Lipinski definition) is 2. The summed E-state index contributed by atoms with van der Waals surface area (Å²) in [5, 5.41) is 6.83. The Morgan fingerprint density at radius 3 is 3.05 bits per heavy atom. The molecule has 106 valence electrons. The SMILES string of the molecule is CCn1cc(OCC(=O)Nc2cccc(CN)c2)cn1.